The van der Waals surface area contributed by atoms with Gasteiger partial charge in [-0.3, -0.25) is 4.79 Å². The van der Waals surface area contributed by atoms with Gasteiger partial charge in [0.2, 0.25) is 5.91 Å². The monoisotopic (exact) mass is 252 g/mol. The highest BCUT2D eigenvalue weighted by Gasteiger charge is 2.38. The average molecular weight is 252 g/mol. The second kappa shape index (κ2) is 6.05. The molecule has 3 nitrogen and oxygen atoms in total. The van der Waals surface area contributed by atoms with Crippen molar-refractivity contribution in [1.82, 2.24) is 5.32 Å². The second-order valence-corrected chi connectivity index (χ2v) is 6.50. The van der Waals surface area contributed by atoms with Gasteiger partial charge in [0.1, 0.15) is 0 Å². The fourth-order valence-electron chi connectivity index (χ4n) is 3.51. The molecule has 2 atom stereocenters. The maximum Gasteiger partial charge on any atom is 0.225 e. The van der Waals surface area contributed by atoms with Crippen LogP contribution in [0, 0.1) is 5.92 Å². The minimum absolute atomic E-state index is 0.0227. The van der Waals surface area contributed by atoms with Gasteiger partial charge < -0.3 is 11.1 Å². The van der Waals surface area contributed by atoms with Crippen molar-refractivity contribution in [2.75, 3.05) is 0 Å². The first-order valence-corrected chi connectivity index (χ1v) is 7.69. The summed E-state index contributed by atoms with van der Waals surface area (Å²) in [7, 11) is 0. The fourth-order valence-corrected chi connectivity index (χ4v) is 3.51. The van der Waals surface area contributed by atoms with E-state index in [1.807, 2.05) is 6.92 Å². The predicted octanol–water partition coefficient (Wildman–Crippen LogP) is 2.73. The van der Waals surface area contributed by atoms with Crippen molar-refractivity contribution in [2.45, 2.75) is 82.7 Å². The van der Waals surface area contributed by atoms with Gasteiger partial charge in [-0.25, -0.2) is 0 Å². The Bertz CT molecular complexity index is 280. The average Bonchev–Trinajstić information content (AvgIpc) is 2.57. The number of nitrogens with two attached hydrogens (primary N) is 1. The van der Waals surface area contributed by atoms with Crippen LogP contribution < -0.4 is 11.1 Å². The Balaban J connectivity index is 1.89. The lowest BCUT2D eigenvalue weighted by atomic mass is 9.74. The molecule has 0 saturated heterocycles. The van der Waals surface area contributed by atoms with Crippen LogP contribution in [-0.4, -0.2) is 17.5 Å². The molecule has 2 fully saturated rings. The molecule has 0 heterocycles. The molecule has 0 aliphatic heterocycles. The van der Waals surface area contributed by atoms with Gasteiger partial charge in [-0.15, -0.1) is 0 Å². The van der Waals surface area contributed by atoms with E-state index >= 15 is 0 Å². The largest absolute Gasteiger partial charge is 0.353 e. The lowest BCUT2D eigenvalue weighted by Crippen LogP contribution is -2.54. The summed E-state index contributed by atoms with van der Waals surface area (Å²) in [6.07, 6.45) is 11.7. The maximum atomic E-state index is 12.4. The molecule has 2 aliphatic carbocycles. The quantitative estimate of drug-likeness (QED) is 0.742. The van der Waals surface area contributed by atoms with E-state index in [0.29, 0.717) is 6.04 Å². The van der Waals surface area contributed by atoms with Gasteiger partial charge in [0, 0.05) is 11.6 Å². The van der Waals surface area contributed by atoms with Crippen LogP contribution in [0.5, 0.6) is 0 Å². The zero-order valence-electron chi connectivity index (χ0n) is 11.7. The molecule has 104 valence electrons. The fraction of sp³-hybridized carbons (Fsp3) is 0.933. The minimum Gasteiger partial charge on any atom is -0.353 e. The zero-order valence-corrected chi connectivity index (χ0v) is 11.7. The van der Waals surface area contributed by atoms with Crippen molar-refractivity contribution in [3.63, 3.8) is 0 Å². The lowest BCUT2D eigenvalue weighted by Gasteiger charge is -2.38. The van der Waals surface area contributed by atoms with Crippen molar-refractivity contribution >= 4 is 5.91 Å². The molecule has 18 heavy (non-hydrogen) atoms. The van der Waals surface area contributed by atoms with Gasteiger partial charge >= 0.3 is 0 Å². The molecule has 2 saturated carbocycles. The Morgan fingerprint density at radius 1 is 1.06 bits per heavy atom. The first-order valence-electron chi connectivity index (χ1n) is 7.69. The van der Waals surface area contributed by atoms with E-state index in [9.17, 15) is 4.79 Å². The molecular weight excluding hydrogens is 224 g/mol. The molecule has 2 rings (SSSR count). The molecule has 1 amide bonds. The molecule has 0 spiro atoms. The summed E-state index contributed by atoms with van der Waals surface area (Å²) in [6.45, 7) is 2.05. The third-order valence-corrected chi connectivity index (χ3v) is 4.77. The van der Waals surface area contributed by atoms with E-state index in [1.54, 1.807) is 0 Å². The number of rotatable bonds is 2. The Morgan fingerprint density at radius 3 is 2.28 bits per heavy atom. The van der Waals surface area contributed by atoms with Gasteiger partial charge in [0.15, 0.2) is 0 Å². The van der Waals surface area contributed by atoms with Crippen LogP contribution in [-0.2, 0) is 4.79 Å². The molecule has 0 aromatic carbocycles. The van der Waals surface area contributed by atoms with E-state index in [1.165, 1.54) is 32.1 Å². The van der Waals surface area contributed by atoms with E-state index in [2.05, 4.69) is 5.32 Å². The van der Waals surface area contributed by atoms with Crippen LogP contribution >= 0.6 is 0 Å². The van der Waals surface area contributed by atoms with Gasteiger partial charge in [0.25, 0.3) is 0 Å². The Labute approximate surface area is 111 Å². The highest BCUT2D eigenvalue weighted by molar-refractivity contribution is 5.80. The summed E-state index contributed by atoms with van der Waals surface area (Å²) in [5, 5.41) is 3.27. The number of carbonyl (C=O) groups is 1. The van der Waals surface area contributed by atoms with Crippen molar-refractivity contribution in [2.24, 2.45) is 11.7 Å². The van der Waals surface area contributed by atoms with Crippen molar-refractivity contribution in [3.05, 3.63) is 0 Å². The molecule has 3 N–H and O–H groups in total. The van der Waals surface area contributed by atoms with E-state index < -0.39 is 0 Å². The number of hydrogen-bond acceptors (Lipinski definition) is 2. The van der Waals surface area contributed by atoms with Crippen LogP contribution in [0.3, 0.4) is 0 Å². The SMILES string of the molecule is CC1(N)CCCCC1C(=O)NC1CCCCCC1. The van der Waals surface area contributed by atoms with Crippen molar-refractivity contribution < 1.29 is 4.79 Å². The Hall–Kier alpha value is -0.570. The number of carbonyl (C=O) groups excluding carboxylic acids is 1. The summed E-state index contributed by atoms with van der Waals surface area (Å²) in [5.41, 5.74) is 6.00. The molecule has 2 aliphatic rings. The third-order valence-electron chi connectivity index (χ3n) is 4.77. The summed E-state index contributed by atoms with van der Waals surface area (Å²) in [4.78, 5) is 12.4. The molecule has 3 heteroatoms. The summed E-state index contributed by atoms with van der Waals surface area (Å²) < 4.78 is 0. The summed E-state index contributed by atoms with van der Waals surface area (Å²) >= 11 is 0. The van der Waals surface area contributed by atoms with E-state index in [4.69, 9.17) is 5.73 Å². The Kier molecular flexibility index (Phi) is 4.66. The van der Waals surface area contributed by atoms with Crippen LogP contribution in [0.2, 0.25) is 0 Å². The van der Waals surface area contributed by atoms with Crippen molar-refractivity contribution in [3.8, 4) is 0 Å². The maximum absolute atomic E-state index is 12.4. The number of amides is 1. The van der Waals surface area contributed by atoms with E-state index in [0.717, 1.165) is 32.1 Å². The molecule has 0 aromatic heterocycles. The third kappa shape index (κ3) is 3.47. The smallest absolute Gasteiger partial charge is 0.225 e. The molecule has 0 bridgehead atoms. The van der Waals surface area contributed by atoms with Gasteiger partial charge in [-0.05, 0) is 32.6 Å². The highest BCUT2D eigenvalue weighted by Crippen LogP contribution is 2.32. The predicted molar refractivity (Wildman–Crippen MR) is 74.2 cm³/mol. The minimum atomic E-state index is -0.299. The number of nitrogens with one attached hydrogen (secondary N) is 1. The highest BCUT2D eigenvalue weighted by atomic mass is 16.2. The number of hydrogen-bond donors (Lipinski definition) is 2. The zero-order chi connectivity index (χ0) is 13.0. The lowest BCUT2D eigenvalue weighted by molar-refractivity contribution is -0.128. The standard InChI is InChI=1S/C15H28N2O/c1-15(16)11-7-6-10-13(15)14(18)17-12-8-4-2-3-5-9-12/h12-13H,2-11,16H2,1H3,(H,17,18). The normalized spacial score (nSPS) is 34.9. The van der Waals surface area contributed by atoms with Crippen LogP contribution in [0.25, 0.3) is 0 Å². The summed E-state index contributed by atoms with van der Waals surface area (Å²) in [5.74, 6) is 0.237. The second-order valence-electron chi connectivity index (χ2n) is 6.50. The molecular formula is C15H28N2O. The molecule has 0 aromatic rings. The first-order chi connectivity index (χ1) is 8.59. The van der Waals surface area contributed by atoms with Gasteiger partial charge in [-0.1, -0.05) is 38.5 Å². The molecule has 2 unspecified atom stereocenters. The Morgan fingerprint density at radius 2 is 1.67 bits per heavy atom. The van der Waals surface area contributed by atoms with Gasteiger partial charge in [-0.2, -0.15) is 0 Å². The van der Waals surface area contributed by atoms with Gasteiger partial charge in [0.05, 0.1) is 5.92 Å². The topological polar surface area (TPSA) is 55.1 Å². The van der Waals surface area contributed by atoms with Crippen molar-refractivity contribution in [1.29, 1.82) is 0 Å². The van der Waals surface area contributed by atoms with Crippen LogP contribution in [0.1, 0.15) is 71.1 Å². The first kappa shape index (κ1) is 13.9. The van der Waals surface area contributed by atoms with Crippen LogP contribution in [0.15, 0.2) is 0 Å². The van der Waals surface area contributed by atoms with E-state index in [-0.39, 0.29) is 17.4 Å². The summed E-state index contributed by atoms with van der Waals surface area (Å²) in [6, 6.07) is 0.401. The molecule has 0 radical (unpaired) electrons. The van der Waals surface area contributed by atoms with Crippen LogP contribution in [0.4, 0.5) is 0 Å².